The molecule has 1 nitrogen and oxygen atoms in total. The van der Waals surface area contributed by atoms with Crippen molar-refractivity contribution in [2.45, 2.75) is 26.2 Å². The van der Waals surface area contributed by atoms with E-state index in [9.17, 15) is 4.79 Å². The van der Waals surface area contributed by atoms with Gasteiger partial charge in [-0.2, -0.15) is 11.8 Å². The van der Waals surface area contributed by atoms with Gasteiger partial charge in [-0.3, -0.25) is 0 Å². The molecule has 1 heterocycles. The summed E-state index contributed by atoms with van der Waals surface area (Å²) in [6, 6.07) is 0. The van der Waals surface area contributed by atoms with Gasteiger partial charge in [-0.05, 0) is 36.7 Å². The Labute approximate surface area is 72.9 Å². The third kappa shape index (κ3) is 2.51. The highest BCUT2D eigenvalue weighted by Crippen LogP contribution is 2.29. The molecule has 1 aliphatic heterocycles. The van der Waals surface area contributed by atoms with Crippen LogP contribution in [0.4, 0.5) is 0 Å². The van der Waals surface area contributed by atoms with Gasteiger partial charge < -0.3 is 4.79 Å². The summed E-state index contributed by atoms with van der Waals surface area (Å²) in [6.45, 7) is 2.11. The molecule has 0 bridgehead atoms. The molecular weight excluding hydrogens is 156 g/mol. The first kappa shape index (κ1) is 9.11. The molecule has 64 valence electrons. The fourth-order valence-electron chi connectivity index (χ4n) is 1.64. The van der Waals surface area contributed by atoms with E-state index in [2.05, 4.69) is 6.92 Å². The van der Waals surface area contributed by atoms with Gasteiger partial charge in [0.25, 0.3) is 0 Å². The summed E-state index contributed by atoms with van der Waals surface area (Å²) in [5.41, 5.74) is 0. The van der Waals surface area contributed by atoms with Crippen LogP contribution in [0.1, 0.15) is 26.2 Å². The van der Waals surface area contributed by atoms with E-state index in [0.29, 0.717) is 11.8 Å². The lowest BCUT2D eigenvalue weighted by Gasteiger charge is -2.25. The maximum atomic E-state index is 10.6. The molecule has 2 atom stereocenters. The Kier molecular flexibility index (Phi) is 3.98. The lowest BCUT2D eigenvalue weighted by atomic mass is 9.89. The van der Waals surface area contributed by atoms with Crippen LogP contribution < -0.4 is 0 Å². The molecule has 0 aromatic heterocycles. The predicted octanol–water partition coefficient (Wildman–Crippen LogP) is 2.35. The molecule has 0 aromatic carbocycles. The maximum absolute atomic E-state index is 10.6. The fourth-order valence-corrected chi connectivity index (χ4v) is 2.90. The van der Waals surface area contributed by atoms with Crippen LogP contribution in [0.3, 0.4) is 0 Å². The number of hydrogen-bond donors (Lipinski definition) is 0. The first-order chi connectivity index (χ1) is 5.38. The van der Waals surface area contributed by atoms with Crippen LogP contribution in [0.5, 0.6) is 0 Å². The van der Waals surface area contributed by atoms with Gasteiger partial charge in [0.15, 0.2) is 0 Å². The van der Waals surface area contributed by atoms with E-state index in [1.807, 2.05) is 11.8 Å². The zero-order valence-corrected chi connectivity index (χ0v) is 7.90. The number of carbonyl (C=O) groups excluding carboxylic acids is 1. The van der Waals surface area contributed by atoms with Crippen LogP contribution in [-0.4, -0.2) is 17.8 Å². The molecule has 0 amide bonds. The first-order valence-electron chi connectivity index (χ1n) is 4.41. The standard InChI is InChI=1S/C9H16OS/c1-2-8(6-10)9-4-3-5-11-7-9/h6,8-9H,2-5,7H2,1H3. The molecular formula is C9H16OS. The normalized spacial score (nSPS) is 27.9. The largest absolute Gasteiger partial charge is 0.303 e. The molecule has 1 rings (SSSR count). The van der Waals surface area contributed by atoms with Gasteiger partial charge in [-0.25, -0.2) is 0 Å². The van der Waals surface area contributed by atoms with E-state index in [1.54, 1.807) is 0 Å². The van der Waals surface area contributed by atoms with Crippen LogP contribution in [0.15, 0.2) is 0 Å². The third-order valence-electron chi connectivity index (χ3n) is 2.45. The van der Waals surface area contributed by atoms with Gasteiger partial charge in [-0.1, -0.05) is 6.92 Å². The minimum atomic E-state index is 0.336. The molecule has 0 N–H and O–H groups in total. The van der Waals surface area contributed by atoms with E-state index in [-0.39, 0.29) is 0 Å². The lowest BCUT2D eigenvalue weighted by molar-refractivity contribution is -0.112. The quantitative estimate of drug-likeness (QED) is 0.608. The van der Waals surface area contributed by atoms with Crippen molar-refractivity contribution in [1.29, 1.82) is 0 Å². The molecule has 0 aromatic rings. The SMILES string of the molecule is CCC(C=O)C1CCCSC1. The summed E-state index contributed by atoms with van der Waals surface area (Å²) in [5, 5.41) is 0. The Morgan fingerprint density at radius 3 is 3.00 bits per heavy atom. The molecule has 0 radical (unpaired) electrons. The molecule has 1 saturated heterocycles. The number of carbonyl (C=O) groups is 1. The Balaban J connectivity index is 2.35. The van der Waals surface area contributed by atoms with Gasteiger partial charge in [0, 0.05) is 5.92 Å². The molecule has 1 aliphatic rings. The van der Waals surface area contributed by atoms with Crippen molar-refractivity contribution in [2.24, 2.45) is 11.8 Å². The van der Waals surface area contributed by atoms with Crippen molar-refractivity contribution < 1.29 is 4.79 Å². The Bertz CT molecular complexity index is 119. The van der Waals surface area contributed by atoms with Crippen LogP contribution >= 0.6 is 11.8 Å². The van der Waals surface area contributed by atoms with Gasteiger partial charge in [0.05, 0.1) is 0 Å². The summed E-state index contributed by atoms with van der Waals surface area (Å²) in [6.07, 6.45) is 4.75. The highest BCUT2D eigenvalue weighted by molar-refractivity contribution is 7.99. The van der Waals surface area contributed by atoms with E-state index < -0.39 is 0 Å². The summed E-state index contributed by atoms with van der Waals surface area (Å²) in [4.78, 5) is 10.6. The molecule has 1 fully saturated rings. The van der Waals surface area contributed by atoms with Crippen LogP contribution in [-0.2, 0) is 4.79 Å². The number of hydrogen-bond acceptors (Lipinski definition) is 2. The molecule has 0 spiro atoms. The topological polar surface area (TPSA) is 17.1 Å². The van der Waals surface area contributed by atoms with Crippen LogP contribution in [0.25, 0.3) is 0 Å². The number of rotatable bonds is 3. The summed E-state index contributed by atoms with van der Waals surface area (Å²) in [7, 11) is 0. The second kappa shape index (κ2) is 4.81. The van der Waals surface area contributed by atoms with Crippen molar-refractivity contribution in [3.8, 4) is 0 Å². The average molecular weight is 172 g/mol. The maximum Gasteiger partial charge on any atom is 0.123 e. The summed E-state index contributed by atoms with van der Waals surface area (Å²) in [5.74, 6) is 3.52. The molecule has 2 unspecified atom stereocenters. The van der Waals surface area contributed by atoms with Gasteiger partial charge >= 0.3 is 0 Å². The Hall–Kier alpha value is 0.0200. The zero-order chi connectivity index (χ0) is 8.10. The highest BCUT2D eigenvalue weighted by Gasteiger charge is 2.21. The van der Waals surface area contributed by atoms with Gasteiger partial charge in [-0.15, -0.1) is 0 Å². The lowest BCUT2D eigenvalue weighted by Crippen LogP contribution is -2.21. The van der Waals surface area contributed by atoms with E-state index >= 15 is 0 Å². The molecule has 0 aliphatic carbocycles. The van der Waals surface area contributed by atoms with Crippen molar-refractivity contribution in [3.63, 3.8) is 0 Å². The Morgan fingerprint density at radius 2 is 2.55 bits per heavy atom. The van der Waals surface area contributed by atoms with Crippen LogP contribution in [0.2, 0.25) is 0 Å². The Morgan fingerprint density at radius 1 is 1.73 bits per heavy atom. The van der Waals surface area contributed by atoms with Crippen LogP contribution in [0, 0.1) is 11.8 Å². The summed E-state index contributed by atoms with van der Waals surface area (Å²) >= 11 is 2.00. The van der Waals surface area contributed by atoms with Crippen molar-refractivity contribution in [3.05, 3.63) is 0 Å². The van der Waals surface area contributed by atoms with Gasteiger partial charge in [0.1, 0.15) is 6.29 Å². The minimum absolute atomic E-state index is 0.336. The van der Waals surface area contributed by atoms with E-state index in [0.717, 1.165) is 12.7 Å². The predicted molar refractivity (Wildman–Crippen MR) is 49.9 cm³/mol. The zero-order valence-electron chi connectivity index (χ0n) is 7.08. The molecule has 0 saturated carbocycles. The molecule has 11 heavy (non-hydrogen) atoms. The second-order valence-electron chi connectivity index (χ2n) is 3.19. The smallest absolute Gasteiger partial charge is 0.123 e. The first-order valence-corrected chi connectivity index (χ1v) is 5.57. The van der Waals surface area contributed by atoms with E-state index in [1.165, 1.54) is 24.3 Å². The second-order valence-corrected chi connectivity index (χ2v) is 4.34. The fraction of sp³-hybridized carbons (Fsp3) is 0.889. The van der Waals surface area contributed by atoms with Crippen molar-refractivity contribution in [1.82, 2.24) is 0 Å². The number of thioether (sulfide) groups is 1. The van der Waals surface area contributed by atoms with Crippen molar-refractivity contribution in [2.75, 3.05) is 11.5 Å². The number of aldehydes is 1. The van der Waals surface area contributed by atoms with E-state index in [4.69, 9.17) is 0 Å². The van der Waals surface area contributed by atoms with Crippen molar-refractivity contribution >= 4 is 18.0 Å². The monoisotopic (exact) mass is 172 g/mol. The highest BCUT2D eigenvalue weighted by atomic mass is 32.2. The average Bonchev–Trinajstić information content (AvgIpc) is 2.09. The molecule has 2 heteroatoms. The minimum Gasteiger partial charge on any atom is -0.303 e. The third-order valence-corrected chi connectivity index (χ3v) is 3.69. The summed E-state index contributed by atoms with van der Waals surface area (Å²) < 4.78 is 0. The van der Waals surface area contributed by atoms with Gasteiger partial charge in [0.2, 0.25) is 0 Å².